The van der Waals surface area contributed by atoms with E-state index in [-0.39, 0.29) is 6.03 Å². The Kier molecular flexibility index (Phi) is 6.23. The number of methoxy groups -OCH3 is 1. The van der Waals surface area contributed by atoms with Crippen molar-refractivity contribution in [1.29, 1.82) is 0 Å². The zero-order valence-corrected chi connectivity index (χ0v) is 15.7. The summed E-state index contributed by atoms with van der Waals surface area (Å²) in [4.78, 5) is 14.4. The van der Waals surface area contributed by atoms with Crippen molar-refractivity contribution in [1.82, 2.24) is 5.32 Å². The van der Waals surface area contributed by atoms with Crippen molar-refractivity contribution in [3.8, 4) is 5.75 Å². The summed E-state index contributed by atoms with van der Waals surface area (Å²) >= 11 is 6.43. The van der Waals surface area contributed by atoms with Gasteiger partial charge in [0.2, 0.25) is 0 Å². The second kappa shape index (κ2) is 8.81. The maximum absolute atomic E-state index is 12.1. The van der Waals surface area contributed by atoms with Crippen molar-refractivity contribution in [2.45, 2.75) is 25.8 Å². The molecule has 0 atom stereocenters. The monoisotopic (exact) mass is 373 g/mol. The van der Waals surface area contributed by atoms with Gasteiger partial charge in [-0.15, -0.1) is 0 Å². The Labute approximate surface area is 159 Å². The number of nitrogens with zero attached hydrogens (tertiary/aromatic N) is 1. The van der Waals surface area contributed by atoms with Gasteiger partial charge in [-0.25, -0.2) is 4.79 Å². The molecule has 2 amide bonds. The van der Waals surface area contributed by atoms with Crippen molar-refractivity contribution >= 4 is 29.0 Å². The smallest absolute Gasteiger partial charge is 0.319 e. The highest BCUT2D eigenvalue weighted by molar-refractivity contribution is 6.33. The molecular weight excluding hydrogens is 350 g/mol. The molecule has 6 heteroatoms. The Morgan fingerprint density at radius 3 is 2.69 bits per heavy atom. The lowest BCUT2D eigenvalue weighted by Crippen LogP contribution is -2.30. The number of amides is 2. The van der Waals surface area contributed by atoms with Gasteiger partial charge in [0, 0.05) is 25.3 Å². The Morgan fingerprint density at radius 2 is 1.96 bits per heavy atom. The molecule has 0 aromatic heterocycles. The van der Waals surface area contributed by atoms with Gasteiger partial charge in [0.25, 0.3) is 0 Å². The maximum Gasteiger partial charge on any atom is 0.319 e. The van der Waals surface area contributed by atoms with E-state index < -0.39 is 0 Å². The number of benzene rings is 2. The number of ether oxygens (including phenoxy) is 1. The van der Waals surface area contributed by atoms with Crippen LogP contribution in [0.3, 0.4) is 0 Å². The molecule has 1 aliphatic rings. The predicted octanol–water partition coefficient (Wildman–Crippen LogP) is 4.66. The van der Waals surface area contributed by atoms with Crippen molar-refractivity contribution in [3.05, 3.63) is 53.1 Å². The minimum Gasteiger partial charge on any atom is -0.497 e. The van der Waals surface area contributed by atoms with Crippen LogP contribution in [0.1, 0.15) is 24.8 Å². The first-order chi connectivity index (χ1) is 12.7. The lowest BCUT2D eigenvalue weighted by molar-refractivity contribution is 0.251. The minimum atomic E-state index is -0.269. The highest BCUT2D eigenvalue weighted by Gasteiger charge is 2.14. The van der Waals surface area contributed by atoms with Crippen LogP contribution in [0, 0.1) is 0 Å². The highest BCUT2D eigenvalue weighted by atomic mass is 35.5. The van der Waals surface area contributed by atoms with E-state index in [0.717, 1.165) is 30.1 Å². The van der Waals surface area contributed by atoms with Crippen LogP contribution in [-0.4, -0.2) is 26.2 Å². The molecule has 1 saturated heterocycles. The molecule has 0 aliphatic carbocycles. The van der Waals surface area contributed by atoms with Gasteiger partial charge in [-0.2, -0.15) is 0 Å². The third kappa shape index (κ3) is 4.82. The summed E-state index contributed by atoms with van der Waals surface area (Å²) in [5, 5.41) is 6.33. The fourth-order valence-electron chi connectivity index (χ4n) is 3.12. The summed E-state index contributed by atoms with van der Waals surface area (Å²) in [5.41, 5.74) is 2.69. The Bertz CT molecular complexity index is 760. The molecule has 26 heavy (non-hydrogen) atoms. The highest BCUT2D eigenvalue weighted by Crippen LogP contribution is 2.30. The number of anilines is 2. The molecule has 3 rings (SSSR count). The van der Waals surface area contributed by atoms with Crippen molar-refractivity contribution < 1.29 is 9.53 Å². The second-order valence-electron chi connectivity index (χ2n) is 6.37. The van der Waals surface area contributed by atoms with Crippen LogP contribution < -0.4 is 20.3 Å². The van der Waals surface area contributed by atoms with Crippen LogP contribution >= 0.6 is 11.6 Å². The van der Waals surface area contributed by atoms with E-state index >= 15 is 0 Å². The van der Waals surface area contributed by atoms with Crippen LogP contribution in [0.5, 0.6) is 5.75 Å². The van der Waals surface area contributed by atoms with Gasteiger partial charge >= 0.3 is 6.03 Å². The lowest BCUT2D eigenvalue weighted by atomic mass is 10.1. The third-order valence-electron chi connectivity index (χ3n) is 4.49. The predicted molar refractivity (Wildman–Crippen MR) is 106 cm³/mol. The summed E-state index contributed by atoms with van der Waals surface area (Å²) in [5.74, 6) is 0.768. The van der Waals surface area contributed by atoms with E-state index in [1.807, 2.05) is 36.4 Å². The molecule has 2 aromatic rings. The van der Waals surface area contributed by atoms with Crippen molar-refractivity contribution in [3.63, 3.8) is 0 Å². The number of halogens is 1. The number of hydrogen-bond donors (Lipinski definition) is 2. The van der Waals surface area contributed by atoms with Gasteiger partial charge in [0.05, 0.1) is 17.8 Å². The fourth-order valence-corrected chi connectivity index (χ4v) is 3.42. The largest absolute Gasteiger partial charge is 0.497 e. The lowest BCUT2D eigenvalue weighted by Gasteiger charge is -2.29. The average molecular weight is 374 g/mol. The minimum absolute atomic E-state index is 0.269. The van der Waals surface area contributed by atoms with Crippen LogP contribution in [-0.2, 0) is 6.54 Å². The van der Waals surface area contributed by atoms with E-state index in [1.54, 1.807) is 13.2 Å². The normalized spacial score (nSPS) is 14.0. The van der Waals surface area contributed by atoms with Gasteiger partial charge in [-0.3, -0.25) is 0 Å². The second-order valence-corrected chi connectivity index (χ2v) is 6.78. The van der Waals surface area contributed by atoms with Gasteiger partial charge in [0.1, 0.15) is 5.75 Å². The van der Waals surface area contributed by atoms with Crippen LogP contribution in [0.15, 0.2) is 42.5 Å². The summed E-state index contributed by atoms with van der Waals surface area (Å²) in [7, 11) is 1.62. The first-order valence-electron chi connectivity index (χ1n) is 8.88. The Hall–Kier alpha value is -2.40. The topological polar surface area (TPSA) is 53.6 Å². The first kappa shape index (κ1) is 18.4. The number of hydrogen-bond acceptors (Lipinski definition) is 3. The molecular formula is C20H24ClN3O2. The molecule has 2 aromatic carbocycles. The van der Waals surface area contributed by atoms with Crippen LogP contribution in [0.4, 0.5) is 16.2 Å². The first-order valence-corrected chi connectivity index (χ1v) is 9.26. The van der Waals surface area contributed by atoms with E-state index in [1.165, 1.54) is 19.3 Å². The number of piperidine rings is 1. The fraction of sp³-hybridized carbons (Fsp3) is 0.350. The summed E-state index contributed by atoms with van der Waals surface area (Å²) in [6.45, 7) is 2.49. The number of nitrogens with one attached hydrogen (secondary N) is 2. The van der Waals surface area contributed by atoms with Gasteiger partial charge in [-0.1, -0.05) is 23.7 Å². The molecule has 5 nitrogen and oxygen atoms in total. The van der Waals surface area contributed by atoms with E-state index in [9.17, 15) is 4.79 Å². The van der Waals surface area contributed by atoms with Crippen molar-refractivity contribution in [2.75, 3.05) is 30.4 Å². The summed E-state index contributed by atoms with van der Waals surface area (Å²) < 4.78 is 5.18. The third-order valence-corrected chi connectivity index (χ3v) is 4.79. The molecule has 0 saturated carbocycles. The zero-order valence-electron chi connectivity index (χ0n) is 14.9. The van der Waals surface area contributed by atoms with Gasteiger partial charge in [0.15, 0.2) is 0 Å². The molecule has 1 fully saturated rings. The summed E-state index contributed by atoms with van der Waals surface area (Å²) in [6, 6.07) is 13.0. The summed E-state index contributed by atoms with van der Waals surface area (Å²) in [6.07, 6.45) is 3.67. The Balaban J connectivity index is 1.56. The molecule has 0 spiro atoms. The average Bonchev–Trinajstić information content (AvgIpc) is 2.67. The molecule has 1 heterocycles. The molecule has 0 radical (unpaired) electrons. The zero-order chi connectivity index (χ0) is 18.4. The molecule has 1 aliphatic heterocycles. The molecule has 2 N–H and O–H groups in total. The number of carbonyl (C=O) groups is 1. The quantitative estimate of drug-likeness (QED) is 0.801. The SMILES string of the molecule is COc1cccc(CNC(=O)Nc2ccc(N3CCCCC3)c(Cl)c2)c1. The number of urea groups is 1. The van der Waals surface area contributed by atoms with Crippen LogP contribution in [0.25, 0.3) is 0 Å². The molecule has 0 bridgehead atoms. The standard InChI is InChI=1S/C20H24ClN3O2/c1-26-17-7-5-6-15(12-17)14-22-20(25)23-16-8-9-19(18(21)13-16)24-10-3-2-4-11-24/h5-9,12-13H,2-4,10-11,14H2,1H3,(H2,22,23,25). The molecule has 0 unspecified atom stereocenters. The van der Waals surface area contributed by atoms with Gasteiger partial charge < -0.3 is 20.3 Å². The van der Waals surface area contributed by atoms with Crippen molar-refractivity contribution in [2.24, 2.45) is 0 Å². The number of carbonyl (C=O) groups excluding carboxylic acids is 1. The van der Waals surface area contributed by atoms with E-state index in [4.69, 9.17) is 16.3 Å². The van der Waals surface area contributed by atoms with Gasteiger partial charge in [-0.05, 0) is 55.2 Å². The Morgan fingerprint density at radius 1 is 1.15 bits per heavy atom. The number of rotatable bonds is 5. The van der Waals surface area contributed by atoms with Crippen LogP contribution in [0.2, 0.25) is 5.02 Å². The maximum atomic E-state index is 12.1. The van der Waals surface area contributed by atoms with E-state index in [2.05, 4.69) is 15.5 Å². The van der Waals surface area contributed by atoms with E-state index in [0.29, 0.717) is 17.3 Å². The molecule has 138 valence electrons.